The van der Waals surface area contributed by atoms with E-state index in [2.05, 4.69) is 25.9 Å². The van der Waals surface area contributed by atoms with Crippen LogP contribution in [-0.2, 0) is 9.59 Å². The van der Waals surface area contributed by atoms with Gasteiger partial charge in [-0.25, -0.2) is 0 Å². The fourth-order valence-corrected chi connectivity index (χ4v) is 3.67. The number of nitrogens with zero attached hydrogens (tertiary/aromatic N) is 1. The predicted molar refractivity (Wildman–Crippen MR) is 120 cm³/mol. The number of aryl methyl sites for hydroxylation is 1. The first kappa shape index (κ1) is 20.9. The summed E-state index contributed by atoms with van der Waals surface area (Å²) in [5, 5.41) is 9.22. The third-order valence-corrected chi connectivity index (χ3v) is 5.28. The van der Waals surface area contributed by atoms with E-state index in [4.69, 9.17) is 23.2 Å². The summed E-state index contributed by atoms with van der Waals surface area (Å²) in [6.07, 6.45) is -0.176. The maximum atomic E-state index is 13.0. The van der Waals surface area contributed by atoms with Crippen molar-refractivity contribution in [1.29, 1.82) is 0 Å². The lowest BCUT2D eigenvalue weighted by Crippen LogP contribution is -2.36. The zero-order chi connectivity index (χ0) is 22.1. The molecule has 0 saturated carbocycles. The monoisotopic (exact) mass is 457 g/mol. The van der Waals surface area contributed by atoms with Gasteiger partial charge in [-0.1, -0.05) is 35.3 Å². The third-order valence-electron chi connectivity index (χ3n) is 4.81. The Balaban J connectivity index is 1.66. The number of amides is 2. The van der Waals surface area contributed by atoms with Crippen LogP contribution < -0.4 is 21.5 Å². The second-order valence-electron chi connectivity index (χ2n) is 7.07. The molecule has 0 fully saturated rings. The average Bonchev–Trinajstić information content (AvgIpc) is 2.69. The second-order valence-corrected chi connectivity index (χ2v) is 7.94. The van der Waals surface area contributed by atoms with E-state index in [1.807, 2.05) is 6.92 Å². The molecule has 0 unspecified atom stereocenters. The van der Waals surface area contributed by atoms with Crippen molar-refractivity contribution in [1.82, 2.24) is 9.97 Å². The van der Waals surface area contributed by atoms with Crippen LogP contribution in [0.4, 0.5) is 23.1 Å². The predicted octanol–water partition coefficient (Wildman–Crippen LogP) is 4.19. The molecule has 0 aliphatic carbocycles. The van der Waals surface area contributed by atoms with Crippen molar-refractivity contribution in [2.24, 2.45) is 0 Å². The molecule has 0 radical (unpaired) electrons. The zero-order valence-electron chi connectivity index (χ0n) is 16.3. The van der Waals surface area contributed by atoms with Crippen molar-refractivity contribution < 1.29 is 9.59 Å². The molecule has 1 atom stereocenters. The van der Waals surface area contributed by atoms with E-state index >= 15 is 0 Å². The lowest BCUT2D eigenvalue weighted by molar-refractivity contribution is -0.123. The molecule has 1 aliphatic heterocycles. The smallest absolute Gasteiger partial charge is 0.258 e. The quantitative estimate of drug-likeness (QED) is 0.468. The molecule has 0 spiro atoms. The molecule has 0 bridgehead atoms. The molecule has 2 aromatic carbocycles. The average molecular weight is 458 g/mol. The summed E-state index contributed by atoms with van der Waals surface area (Å²) in [4.78, 5) is 44.9. The number of rotatable bonds is 4. The van der Waals surface area contributed by atoms with Crippen molar-refractivity contribution in [3.63, 3.8) is 0 Å². The van der Waals surface area contributed by atoms with Crippen LogP contribution in [0, 0.1) is 6.92 Å². The van der Waals surface area contributed by atoms with Gasteiger partial charge in [0.2, 0.25) is 17.8 Å². The van der Waals surface area contributed by atoms with Gasteiger partial charge in [-0.2, -0.15) is 4.98 Å². The summed E-state index contributed by atoms with van der Waals surface area (Å²) in [5.74, 6) is -1.77. The van der Waals surface area contributed by atoms with Gasteiger partial charge in [-0.3, -0.25) is 19.4 Å². The summed E-state index contributed by atoms with van der Waals surface area (Å²) in [6.45, 7) is 1.82. The summed E-state index contributed by atoms with van der Waals surface area (Å²) in [7, 11) is 0. The second kappa shape index (κ2) is 8.41. The maximum absolute atomic E-state index is 13.0. The Kier molecular flexibility index (Phi) is 5.67. The number of aromatic nitrogens is 2. The normalized spacial score (nSPS) is 15.1. The van der Waals surface area contributed by atoms with Gasteiger partial charge in [0.1, 0.15) is 5.82 Å². The lowest BCUT2D eigenvalue weighted by atomic mass is 9.92. The number of carbonyl (C=O) groups is 2. The van der Waals surface area contributed by atoms with Gasteiger partial charge < -0.3 is 16.0 Å². The lowest BCUT2D eigenvalue weighted by Gasteiger charge is -2.24. The van der Waals surface area contributed by atoms with Crippen molar-refractivity contribution in [3.05, 3.63) is 74.0 Å². The molecule has 2 amide bonds. The number of H-pyrrole nitrogens is 1. The molecule has 31 heavy (non-hydrogen) atoms. The molecule has 10 heteroatoms. The number of hydrogen-bond donors (Lipinski definition) is 4. The first-order valence-electron chi connectivity index (χ1n) is 9.34. The Morgan fingerprint density at radius 3 is 2.68 bits per heavy atom. The fraction of sp³-hybridized carbons (Fsp3) is 0.143. The number of fused-ring (bicyclic) bond motifs is 1. The van der Waals surface area contributed by atoms with E-state index in [0.29, 0.717) is 21.4 Å². The highest BCUT2D eigenvalue weighted by atomic mass is 35.5. The summed E-state index contributed by atoms with van der Waals surface area (Å²) in [5.41, 5.74) is 1.47. The van der Waals surface area contributed by atoms with E-state index in [9.17, 15) is 14.4 Å². The van der Waals surface area contributed by atoms with E-state index in [1.165, 1.54) is 0 Å². The maximum Gasteiger partial charge on any atom is 0.258 e. The van der Waals surface area contributed by atoms with Crippen molar-refractivity contribution in [2.45, 2.75) is 19.3 Å². The van der Waals surface area contributed by atoms with Gasteiger partial charge in [-0.05, 0) is 42.8 Å². The van der Waals surface area contributed by atoms with Gasteiger partial charge >= 0.3 is 0 Å². The number of aromatic amines is 1. The molecule has 2 heterocycles. The summed E-state index contributed by atoms with van der Waals surface area (Å²) in [6, 6.07) is 11.9. The van der Waals surface area contributed by atoms with Crippen molar-refractivity contribution in [2.75, 3.05) is 16.0 Å². The molecule has 0 saturated heterocycles. The SMILES string of the molecule is Cc1ccc(Cl)cc1NC(=O)[C@@H]1CC(=O)Nc2nc(Nc3cccc(Cl)c3)[nH]c(=O)c21. The molecule has 1 aromatic heterocycles. The molecule has 4 rings (SSSR count). The van der Waals surface area contributed by atoms with Crippen LogP contribution >= 0.6 is 23.2 Å². The highest BCUT2D eigenvalue weighted by molar-refractivity contribution is 6.31. The Morgan fingerprint density at radius 1 is 1.13 bits per heavy atom. The van der Waals surface area contributed by atoms with Crippen LogP contribution in [0.3, 0.4) is 0 Å². The standard InChI is InChI=1S/C21H17Cl2N5O3/c1-10-5-6-12(23)8-15(10)25-19(30)14-9-16(29)26-18-17(14)20(31)28-21(27-18)24-13-4-2-3-11(22)7-13/h2-8,14H,9H2,1H3,(H,25,30)(H3,24,26,27,28,29,31)/t14-/m1/s1. The Bertz CT molecular complexity index is 1260. The van der Waals surface area contributed by atoms with Crippen LogP contribution in [0.5, 0.6) is 0 Å². The van der Waals surface area contributed by atoms with Crippen molar-refractivity contribution in [3.8, 4) is 0 Å². The number of nitrogens with one attached hydrogen (secondary N) is 4. The van der Waals surface area contributed by atoms with Crippen LogP contribution in [0.15, 0.2) is 47.3 Å². The van der Waals surface area contributed by atoms with Crippen LogP contribution in [0.1, 0.15) is 23.5 Å². The summed E-state index contributed by atoms with van der Waals surface area (Å²) < 4.78 is 0. The van der Waals surface area contributed by atoms with Gasteiger partial charge in [0, 0.05) is 27.8 Å². The number of anilines is 4. The van der Waals surface area contributed by atoms with E-state index < -0.39 is 23.3 Å². The molecule has 4 N–H and O–H groups in total. The number of hydrogen-bond acceptors (Lipinski definition) is 5. The van der Waals surface area contributed by atoms with Crippen LogP contribution in [0.2, 0.25) is 10.0 Å². The number of halogens is 2. The fourth-order valence-electron chi connectivity index (χ4n) is 3.31. The molecular formula is C21H17Cl2N5O3. The molecule has 158 valence electrons. The van der Waals surface area contributed by atoms with E-state index in [-0.39, 0.29) is 23.8 Å². The minimum Gasteiger partial charge on any atom is -0.326 e. The molecule has 8 nitrogen and oxygen atoms in total. The first-order chi connectivity index (χ1) is 14.8. The van der Waals surface area contributed by atoms with Crippen LogP contribution in [0.25, 0.3) is 0 Å². The Morgan fingerprint density at radius 2 is 1.90 bits per heavy atom. The summed E-state index contributed by atoms with van der Waals surface area (Å²) >= 11 is 12.0. The minimum absolute atomic E-state index is 0.0347. The first-order valence-corrected chi connectivity index (χ1v) is 10.1. The van der Waals surface area contributed by atoms with Gasteiger partial charge in [0.15, 0.2) is 0 Å². The number of benzene rings is 2. The zero-order valence-corrected chi connectivity index (χ0v) is 17.8. The van der Waals surface area contributed by atoms with Gasteiger partial charge in [0.25, 0.3) is 5.56 Å². The van der Waals surface area contributed by atoms with E-state index in [0.717, 1.165) is 5.56 Å². The number of carbonyl (C=O) groups excluding carboxylic acids is 2. The van der Waals surface area contributed by atoms with Crippen molar-refractivity contribution >= 4 is 58.2 Å². The van der Waals surface area contributed by atoms with Gasteiger partial charge in [-0.15, -0.1) is 0 Å². The van der Waals surface area contributed by atoms with Crippen LogP contribution in [-0.4, -0.2) is 21.8 Å². The molecule has 1 aliphatic rings. The topological polar surface area (TPSA) is 116 Å². The highest BCUT2D eigenvalue weighted by Crippen LogP contribution is 2.31. The largest absolute Gasteiger partial charge is 0.326 e. The minimum atomic E-state index is -1.00. The Labute approximate surface area is 187 Å². The molecule has 3 aromatic rings. The van der Waals surface area contributed by atoms with Gasteiger partial charge in [0.05, 0.1) is 11.5 Å². The molecular weight excluding hydrogens is 441 g/mol. The third kappa shape index (κ3) is 4.55. The highest BCUT2D eigenvalue weighted by Gasteiger charge is 2.35. The van der Waals surface area contributed by atoms with E-state index in [1.54, 1.807) is 42.5 Å². The Hall–Kier alpha value is -3.36.